The zero-order chi connectivity index (χ0) is 13.2. The number of hydrogen-bond donors (Lipinski definition) is 2. The quantitative estimate of drug-likeness (QED) is 0.869. The van der Waals surface area contributed by atoms with Crippen LogP contribution >= 0.6 is 0 Å². The molecule has 1 aromatic carbocycles. The summed E-state index contributed by atoms with van der Waals surface area (Å²) >= 11 is 0. The second-order valence-corrected chi connectivity index (χ2v) is 5.99. The van der Waals surface area contributed by atoms with Crippen LogP contribution in [0.25, 0.3) is 0 Å². The Morgan fingerprint density at radius 3 is 2.89 bits per heavy atom. The van der Waals surface area contributed by atoms with Crippen molar-refractivity contribution in [2.75, 3.05) is 6.54 Å². The molecule has 0 radical (unpaired) electrons. The number of benzene rings is 1. The van der Waals surface area contributed by atoms with Gasteiger partial charge in [0.15, 0.2) is 0 Å². The molecule has 3 rings (SSSR count). The molecule has 2 fully saturated rings. The van der Waals surface area contributed by atoms with E-state index in [-0.39, 0.29) is 5.91 Å². The predicted molar refractivity (Wildman–Crippen MR) is 75.9 cm³/mol. The lowest BCUT2D eigenvalue weighted by atomic mass is 9.95. The molecule has 0 spiro atoms. The number of rotatable bonds is 4. The minimum Gasteiger partial charge on any atom is -0.349 e. The zero-order valence-corrected chi connectivity index (χ0v) is 11.3. The molecule has 0 aliphatic heterocycles. The van der Waals surface area contributed by atoms with Crippen LogP contribution in [0.15, 0.2) is 24.3 Å². The summed E-state index contributed by atoms with van der Waals surface area (Å²) in [5.74, 6) is 1.66. The molecule has 0 aromatic heterocycles. The number of carbonyl (C=O) groups is 1. The molecule has 3 heteroatoms. The van der Waals surface area contributed by atoms with Gasteiger partial charge in [0.1, 0.15) is 0 Å². The van der Waals surface area contributed by atoms with E-state index in [1.165, 1.54) is 25.7 Å². The van der Waals surface area contributed by atoms with E-state index in [0.29, 0.717) is 12.6 Å². The molecule has 3 nitrogen and oxygen atoms in total. The molecule has 0 saturated heterocycles. The van der Waals surface area contributed by atoms with Crippen LogP contribution in [0.4, 0.5) is 0 Å². The average Bonchev–Trinajstić information content (AvgIpc) is 3.02. The zero-order valence-electron chi connectivity index (χ0n) is 11.3. The number of fused-ring (bicyclic) bond motifs is 2. The van der Waals surface area contributed by atoms with Gasteiger partial charge in [0.05, 0.1) is 0 Å². The van der Waals surface area contributed by atoms with E-state index in [1.54, 1.807) is 0 Å². The van der Waals surface area contributed by atoms with Crippen molar-refractivity contribution in [1.29, 1.82) is 0 Å². The molecule has 3 atom stereocenters. The van der Waals surface area contributed by atoms with Crippen molar-refractivity contribution < 1.29 is 4.79 Å². The molecule has 2 aliphatic carbocycles. The first kappa shape index (κ1) is 12.7. The highest BCUT2D eigenvalue weighted by Gasteiger charge is 2.40. The predicted octanol–water partition coefficient (Wildman–Crippen LogP) is 2.11. The number of carbonyl (C=O) groups excluding carboxylic acids is 1. The first-order valence-corrected chi connectivity index (χ1v) is 7.36. The maximum absolute atomic E-state index is 12.3. The summed E-state index contributed by atoms with van der Waals surface area (Å²) in [4.78, 5) is 12.3. The molecular formula is C16H22N2O. The maximum Gasteiger partial charge on any atom is 0.251 e. The topological polar surface area (TPSA) is 55.1 Å². The summed E-state index contributed by atoms with van der Waals surface area (Å²) in [7, 11) is 0. The molecule has 0 heterocycles. The lowest BCUT2D eigenvalue weighted by molar-refractivity contribution is 0.0923. The van der Waals surface area contributed by atoms with Gasteiger partial charge in [0.25, 0.3) is 5.91 Å². The molecule has 2 bridgehead atoms. The van der Waals surface area contributed by atoms with Crippen LogP contribution in [-0.2, 0) is 6.42 Å². The van der Waals surface area contributed by atoms with Crippen molar-refractivity contribution in [1.82, 2.24) is 5.32 Å². The van der Waals surface area contributed by atoms with E-state index in [4.69, 9.17) is 5.73 Å². The van der Waals surface area contributed by atoms with Crippen molar-refractivity contribution in [3.8, 4) is 0 Å². The summed E-state index contributed by atoms with van der Waals surface area (Å²) in [5.41, 5.74) is 7.47. The van der Waals surface area contributed by atoms with Gasteiger partial charge in [-0.3, -0.25) is 4.79 Å². The first-order chi connectivity index (χ1) is 9.26. The fourth-order valence-corrected chi connectivity index (χ4v) is 3.71. The first-order valence-electron chi connectivity index (χ1n) is 7.36. The SMILES string of the molecule is NCCc1cccc(C(=O)NC2CC3CCC2C3)c1. The summed E-state index contributed by atoms with van der Waals surface area (Å²) in [5, 5.41) is 3.23. The molecule has 2 saturated carbocycles. The van der Waals surface area contributed by atoms with E-state index in [9.17, 15) is 4.79 Å². The van der Waals surface area contributed by atoms with Crippen molar-refractivity contribution in [3.63, 3.8) is 0 Å². The number of hydrogen-bond acceptors (Lipinski definition) is 2. The average molecular weight is 258 g/mol. The van der Waals surface area contributed by atoms with Crippen LogP contribution in [0.5, 0.6) is 0 Å². The fraction of sp³-hybridized carbons (Fsp3) is 0.562. The van der Waals surface area contributed by atoms with Crippen molar-refractivity contribution in [2.45, 2.75) is 38.1 Å². The van der Waals surface area contributed by atoms with Gasteiger partial charge < -0.3 is 11.1 Å². The standard InChI is InChI=1S/C16H22N2O/c17-7-6-11-2-1-3-14(8-11)16(19)18-15-10-12-4-5-13(15)9-12/h1-3,8,12-13,15H,4-7,9-10,17H2,(H,18,19). The Kier molecular flexibility index (Phi) is 3.56. The van der Waals surface area contributed by atoms with Gasteiger partial charge in [-0.15, -0.1) is 0 Å². The Morgan fingerprint density at radius 1 is 1.32 bits per heavy atom. The highest BCUT2D eigenvalue weighted by Crippen LogP contribution is 2.44. The molecule has 3 unspecified atom stereocenters. The number of nitrogens with one attached hydrogen (secondary N) is 1. The van der Waals surface area contributed by atoms with Crippen molar-refractivity contribution >= 4 is 5.91 Å². The van der Waals surface area contributed by atoms with Gasteiger partial charge in [-0.05, 0) is 61.8 Å². The van der Waals surface area contributed by atoms with Crippen molar-refractivity contribution in [2.24, 2.45) is 17.6 Å². The summed E-state index contributed by atoms with van der Waals surface area (Å²) < 4.78 is 0. The number of nitrogens with two attached hydrogens (primary N) is 1. The Morgan fingerprint density at radius 2 is 2.21 bits per heavy atom. The van der Waals surface area contributed by atoms with E-state index >= 15 is 0 Å². The summed E-state index contributed by atoms with van der Waals surface area (Å²) in [6, 6.07) is 8.24. The number of amides is 1. The van der Waals surface area contributed by atoms with Crippen LogP contribution < -0.4 is 11.1 Å². The largest absolute Gasteiger partial charge is 0.349 e. The third-order valence-electron chi connectivity index (χ3n) is 4.68. The maximum atomic E-state index is 12.3. The fourth-order valence-electron chi connectivity index (χ4n) is 3.71. The smallest absolute Gasteiger partial charge is 0.251 e. The Hall–Kier alpha value is -1.35. The van der Waals surface area contributed by atoms with E-state index < -0.39 is 0 Å². The van der Waals surface area contributed by atoms with Gasteiger partial charge in [0.2, 0.25) is 0 Å². The Labute approximate surface area is 114 Å². The Bertz CT molecular complexity index is 472. The molecule has 102 valence electrons. The van der Waals surface area contributed by atoms with Crippen LogP contribution in [0.2, 0.25) is 0 Å². The lowest BCUT2D eigenvalue weighted by Gasteiger charge is -2.23. The highest BCUT2D eigenvalue weighted by atomic mass is 16.1. The van der Waals surface area contributed by atoms with Gasteiger partial charge >= 0.3 is 0 Å². The molecular weight excluding hydrogens is 236 g/mol. The molecule has 1 aromatic rings. The van der Waals surface area contributed by atoms with E-state index in [2.05, 4.69) is 5.32 Å². The molecule has 19 heavy (non-hydrogen) atoms. The Balaban J connectivity index is 1.65. The molecule has 2 aliphatic rings. The van der Waals surface area contributed by atoms with Crippen LogP contribution in [0.3, 0.4) is 0 Å². The summed E-state index contributed by atoms with van der Waals surface area (Å²) in [6.45, 7) is 0.622. The third-order valence-corrected chi connectivity index (χ3v) is 4.68. The highest BCUT2D eigenvalue weighted by molar-refractivity contribution is 5.94. The lowest BCUT2D eigenvalue weighted by Crippen LogP contribution is -2.38. The van der Waals surface area contributed by atoms with Gasteiger partial charge in [-0.25, -0.2) is 0 Å². The monoisotopic (exact) mass is 258 g/mol. The summed E-state index contributed by atoms with van der Waals surface area (Å²) in [6.07, 6.45) is 5.98. The molecule has 3 N–H and O–H groups in total. The minimum absolute atomic E-state index is 0.0800. The van der Waals surface area contributed by atoms with Crippen LogP contribution in [0.1, 0.15) is 41.6 Å². The van der Waals surface area contributed by atoms with Gasteiger partial charge in [-0.2, -0.15) is 0 Å². The normalized spacial score (nSPS) is 28.6. The van der Waals surface area contributed by atoms with Gasteiger partial charge in [-0.1, -0.05) is 18.6 Å². The van der Waals surface area contributed by atoms with Crippen molar-refractivity contribution in [3.05, 3.63) is 35.4 Å². The molecule has 1 amide bonds. The minimum atomic E-state index is 0.0800. The third kappa shape index (κ3) is 2.66. The van der Waals surface area contributed by atoms with Crippen LogP contribution in [0, 0.1) is 11.8 Å². The van der Waals surface area contributed by atoms with E-state index in [1.807, 2.05) is 24.3 Å². The van der Waals surface area contributed by atoms with Crippen LogP contribution in [-0.4, -0.2) is 18.5 Å². The van der Waals surface area contributed by atoms with Gasteiger partial charge in [0, 0.05) is 11.6 Å². The second kappa shape index (κ2) is 5.33. The second-order valence-electron chi connectivity index (χ2n) is 5.99. The van der Waals surface area contributed by atoms with E-state index in [0.717, 1.165) is 29.4 Å².